The highest BCUT2D eigenvalue weighted by atomic mass is 15.1. The third kappa shape index (κ3) is 5.14. The molecule has 0 heterocycles. The van der Waals surface area contributed by atoms with E-state index in [1.165, 1.54) is 43.8 Å². The minimum atomic E-state index is 1.13. The van der Waals surface area contributed by atoms with Gasteiger partial charge in [0.15, 0.2) is 0 Å². The van der Waals surface area contributed by atoms with Crippen LogP contribution in [0.3, 0.4) is 0 Å². The minimum Gasteiger partial charge on any atom is -0.311 e. The number of hydrogen-bond donors (Lipinski definition) is 0. The van der Waals surface area contributed by atoms with Crippen molar-refractivity contribution in [2.45, 2.75) is 0 Å². The molecule has 194 valence electrons. The molecule has 0 saturated heterocycles. The summed E-state index contributed by atoms with van der Waals surface area (Å²) in [7, 11) is 0. The van der Waals surface area contributed by atoms with Crippen molar-refractivity contribution < 1.29 is 0 Å². The maximum Gasteiger partial charge on any atom is 0.0462 e. The number of hydrogen-bond acceptors (Lipinski definition) is 1. The molecule has 0 unspecified atom stereocenters. The van der Waals surface area contributed by atoms with Crippen LogP contribution in [-0.2, 0) is 0 Å². The van der Waals surface area contributed by atoms with Crippen molar-refractivity contribution in [1.29, 1.82) is 0 Å². The summed E-state index contributed by atoms with van der Waals surface area (Å²) in [6.07, 6.45) is 4.36. The van der Waals surface area contributed by atoms with Gasteiger partial charge in [-0.15, -0.1) is 0 Å². The van der Waals surface area contributed by atoms with Gasteiger partial charge in [-0.3, -0.25) is 0 Å². The van der Waals surface area contributed by atoms with Gasteiger partial charge in [-0.05, 0) is 86.3 Å². The summed E-state index contributed by atoms with van der Waals surface area (Å²) in [6.45, 7) is 0. The lowest BCUT2D eigenvalue weighted by Crippen LogP contribution is -2.09. The van der Waals surface area contributed by atoms with E-state index >= 15 is 0 Å². The first-order valence-electron chi connectivity index (χ1n) is 14.0. The summed E-state index contributed by atoms with van der Waals surface area (Å²) < 4.78 is 0. The zero-order chi connectivity index (χ0) is 27.4. The van der Waals surface area contributed by atoms with Crippen LogP contribution in [0.5, 0.6) is 0 Å². The standard InChI is InChI=1S/C40H29N/c1-3-10-36(11-4-1)41(37-12-5-2-6-13-37)38-27-19-31(20-28-38)16-15-30-17-21-32(22-18-30)35-26-25-34-24-23-33-9-7-8-14-39(33)40(34)29-35/h1-29H/b16-15+. The molecule has 0 aromatic heterocycles. The van der Waals surface area contributed by atoms with Crippen molar-refractivity contribution in [2.75, 3.05) is 4.90 Å². The average Bonchev–Trinajstić information content (AvgIpc) is 3.05. The third-order valence-electron chi connectivity index (χ3n) is 7.64. The molecule has 1 heteroatoms. The zero-order valence-electron chi connectivity index (χ0n) is 22.7. The highest BCUT2D eigenvalue weighted by Crippen LogP contribution is 2.34. The van der Waals surface area contributed by atoms with Crippen LogP contribution in [0.15, 0.2) is 164 Å². The Morgan fingerprint density at radius 1 is 0.341 bits per heavy atom. The Balaban J connectivity index is 1.12. The Labute approximate surface area is 241 Å². The fraction of sp³-hybridized carbons (Fsp3) is 0. The van der Waals surface area contributed by atoms with E-state index in [0.29, 0.717) is 0 Å². The maximum atomic E-state index is 2.32. The molecular formula is C40H29N. The lowest BCUT2D eigenvalue weighted by Gasteiger charge is -2.25. The SMILES string of the molecule is C(=C\c1ccc(N(c2ccccc2)c2ccccc2)cc1)/c1ccc(-c2ccc3ccc4ccccc4c3c2)cc1. The summed E-state index contributed by atoms with van der Waals surface area (Å²) in [5, 5.41) is 5.14. The molecule has 1 nitrogen and oxygen atoms in total. The summed E-state index contributed by atoms with van der Waals surface area (Å²) in [5.41, 5.74) is 8.22. The van der Waals surface area contributed by atoms with Gasteiger partial charge in [-0.25, -0.2) is 0 Å². The largest absolute Gasteiger partial charge is 0.311 e. The fourth-order valence-corrected chi connectivity index (χ4v) is 5.50. The Kier molecular flexibility index (Phi) is 6.61. The third-order valence-corrected chi connectivity index (χ3v) is 7.64. The van der Waals surface area contributed by atoms with Crippen LogP contribution in [0.25, 0.3) is 44.8 Å². The van der Waals surface area contributed by atoms with Gasteiger partial charge < -0.3 is 4.90 Å². The molecule has 0 N–H and O–H groups in total. The molecule has 0 aliphatic heterocycles. The van der Waals surface area contributed by atoms with Crippen molar-refractivity contribution in [3.05, 3.63) is 175 Å². The zero-order valence-corrected chi connectivity index (χ0v) is 22.7. The highest BCUT2D eigenvalue weighted by molar-refractivity contribution is 6.08. The second-order valence-corrected chi connectivity index (χ2v) is 10.3. The van der Waals surface area contributed by atoms with Crippen molar-refractivity contribution in [2.24, 2.45) is 0 Å². The molecule has 0 bridgehead atoms. The number of rotatable bonds is 6. The van der Waals surface area contributed by atoms with E-state index in [-0.39, 0.29) is 0 Å². The molecule has 0 radical (unpaired) electrons. The lowest BCUT2D eigenvalue weighted by atomic mass is 9.97. The topological polar surface area (TPSA) is 3.24 Å². The lowest BCUT2D eigenvalue weighted by molar-refractivity contribution is 1.28. The molecule has 7 rings (SSSR count). The average molecular weight is 524 g/mol. The van der Waals surface area contributed by atoms with Gasteiger partial charge >= 0.3 is 0 Å². The maximum absolute atomic E-state index is 2.32. The van der Waals surface area contributed by atoms with Gasteiger partial charge in [0.25, 0.3) is 0 Å². The van der Waals surface area contributed by atoms with Crippen LogP contribution < -0.4 is 4.90 Å². The van der Waals surface area contributed by atoms with E-state index in [9.17, 15) is 0 Å². The van der Waals surface area contributed by atoms with Gasteiger partial charge in [-0.2, -0.15) is 0 Å². The predicted molar refractivity (Wildman–Crippen MR) is 177 cm³/mol. The normalized spacial score (nSPS) is 11.3. The summed E-state index contributed by atoms with van der Waals surface area (Å²) in [5.74, 6) is 0. The molecule has 0 spiro atoms. The fourth-order valence-electron chi connectivity index (χ4n) is 5.50. The van der Waals surface area contributed by atoms with E-state index in [1.807, 2.05) is 0 Å². The highest BCUT2D eigenvalue weighted by Gasteiger charge is 2.11. The van der Waals surface area contributed by atoms with E-state index in [0.717, 1.165) is 17.1 Å². The van der Waals surface area contributed by atoms with Crippen molar-refractivity contribution >= 4 is 50.8 Å². The van der Waals surface area contributed by atoms with Gasteiger partial charge in [0.2, 0.25) is 0 Å². The smallest absolute Gasteiger partial charge is 0.0462 e. The van der Waals surface area contributed by atoms with Crippen LogP contribution in [0, 0.1) is 0 Å². The Bertz CT molecular complexity index is 1910. The number of fused-ring (bicyclic) bond motifs is 3. The molecule has 0 saturated carbocycles. The molecule has 41 heavy (non-hydrogen) atoms. The minimum absolute atomic E-state index is 1.13. The van der Waals surface area contributed by atoms with E-state index in [4.69, 9.17) is 0 Å². The first-order valence-corrected chi connectivity index (χ1v) is 14.0. The van der Waals surface area contributed by atoms with Crippen molar-refractivity contribution in [1.82, 2.24) is 0 Å². The van der Waals surface area contributed by atoms with E-state index in [2.05, 4.69) is 181 Å². The van der Waals surface area contributed by atoms with E-state index < -0.39 is 0 Å². The molecule has 7 aromatic carbocycles. The number of para-hydroxylation sites is 2. The first-order chi connectivity index (χ1) is 20.3. The molecule has 7 aromatic rings. The van der Waals surface area contributed by atoms with Crippen LogP contribution >= 0.6 is 0 Å². The predicted octanol–water partition coefficient (Wildman–Crippen LogP) is 11.3. The molecular weight excluding hydrogens is 494 g/mol. The Morgan fingerprint density at radius 3 is 1.44 bits per heavy atom. The van der Waals surface area contributed by atoms with Crippen LogP contribution in [0.1, 0.15) is 11.1 Å². The second-order valence-electron chi connectivity index (χ2n) is 10.3. The van der Waals surface area contributed by atoms with Gasteiger partial charge in [0.1, 0.15) is 0 Å². The number of benzene rings is 7. The van der Waals surface area contributed by atoms with Crippen LogP contribution in [0.4, 0.5) is 17.1 Å². The van der Waals surface area contributed by atoms with Gasteiger partial charge in [0, 0.05) is 17.1 Å². The van der Waals surface area contributed by atoms with Crippen molar-refractivity contribution in [3.63, 3.8) is 0 Å². The van der Waals surface area contributed by atoms with Crippen molar-refractivity contribution in [3.8, 4) is 11.1 Å². The summed E-state index contributed by atoms with van der Waals surface area (Å²) in [4.78, 5) is 2.28. The quantitative estimate of drug-likeness (QED) is 0.155. The summed E-state index contributed by atoms with van der Waals surface area (Å²) in [6, 6.07) is 58.3. The summed E-state index contributed by atoms with van der Waals surface area (Å²) >= 11 is 0. The molecule has 0 amide bonds. The van der Waals surface area contributed by atoms with Gasteiger partial charge in [0.05, 0.1) is 0 Å². The molecule has 0 aliphatic carbocycles. The Morgan fingerprint density at radius 2 is 0.805 bits per heavy atom. The van der Waals surface area contributed by atoms with Gasteiger partial charge in [-0.1, -0.05) is 133 Å². The Hall–Kier alpha value is -5.40. The molecule has 0 atom stereocenters. The second kappa shape index (κ2) is 11.0. The monoisotopic (exact) mass is 523 g/mol. The number of anilines is 3. The number of nitrogens with zero attached hydrogens (tertiary/aromatic N) is 1. The van der Waals surface area contributed by atoms with E-state index in [1.54, 1.807) is 0 Å². The first kappa shape index (κ1) is 24.6. The molecule has 0 aliphatic rings. The van der Waals surface area contributed by atoms with Crippen LogP contribution in [0.2, 0.25) is 0 Å². The molecule has 0 fully saturated rings. The van der Waals surface area contributed by atoms with Crippen LogP contribution in [-0.4, -0.2) is 0 Å².